The molecule has 2 nitrogen and oxygen atoms in total. The molecule has 0 aliphatic carbocycles. The predicted molar refractivity (Wildman–Crippen MR) is 69.7 cm³/mol. The smallest absolute Gasteiger partial charge is 0.282 e. The Morgan fingerprint density at radius 1 is 1.11 bits per heavy atom. The van der Waals surface area contributed by atoms with Crippen molar-refractivity contribution >= 4 is 17.4 Å². The zero-order valence-corrected chi connectivity index (χ0v) is 10.3. The highest BCUT2D eigenvalue weighted by Gasteiger charge is 2.31. The van der Waals surface area contributed by atoms with Gasteiger partial charge in [0, 0.05) is 11.8 Å². The Kier molecular flexibility index (Phi) is 3.81. The van der Waals surface area contributed by atoms with Crippen molar-refractivity contribution < 1.29 is 8.78 Å². The molecule has 0 aliphatic rings. The van der Waals surface area contributed by atoms with Crippen molar-refractivity contribution in [2.45, 2.75) is 10.9 Å². The third-order valence-corrected chi connectivity index (χ3v) is 3.51. The highest BCUT2D eigenvalue weighted by atomic mass is 32.2. The van der Waals surface area contributed by atoms with Crippen LogP contribution in [0.1, 0.15) is 5.56 Å². The van der Waals surface area contributed by atoms with E-state index in [-0.39, 0.29) is 11.3 Å². The number of pyridine rings is 1. The number of hydrogen-bond donors (Lipinski definition) is 1. The van der Waals surface area contributed by atoms with Gasteiger partial charge in [-0.2, -0.15) is 0 Å². The topological polar surface area (TPSA) is 38.9 Å². The molecule has 0 saturated heterocycles. The SMILES string of the molecule is Nc1cccnc1SCC(F)(F)c1ccccc1. The monoisotopic (exact) mass is 266 g/mol. The lowest BCUT2D eigenvalue weighted by atomic mass is 10.1. The highest BCUT2D eigenvalue weighted by Crippen LogP contribution is 2.35. The van der Waals surface area contributed by atoms with Gasteiger partial charge >= 0.3 is 0 Å². The number of halogens is 2. The first-order chi connectivity index (χ1) is 8.59. The number of anilines is 1. The summed E-state index contributed by atoms with van der Waals surface area (Å²) in [6.07, 6.45) is 1.54. The summed E-state index contributed by atoms with van der Waals surface area (Å²) < 4.78 is 27.8. The molecule has 0 aliphatic heterocycles. The number of thioether (sulfide) groups is 1. The lowest BCUT2D eigenvalue weighted by Crippen LogP contribution is -2.16. The van der Waals surface area contributed by atoms with E-state index in [9.17, 15) is 8.78 Å². The fourth-order valence-corrected chi connectivity index (χ4v) is 2.30. The molecule has 0 unspecified atom stereocenters. The third kappa shape index (κ3) is 2.98. The largest absolute Gasteiger partial charge is 0.397 e. The summed E-state index contributed by atoms with van der Waals surface area (Å²) in [5, 5.41) is 0.438. The van der Waals surface area contributed by atoms with E-state index in [1.165, 1.54) is 12.1 Å². The summed E-state index contributed by atoms with van der Waals surface area (Å²) in [5.41, 5.74) is 6.09. The second kappa shape index (κ2) is 5.35. The van der Waals surface area contributed by atoms with Crippen molar-refractivity contribution in [3.63, 3.8) is 0 Å². The van der Waals surface area contributed by atoms with Crippen molar-refractivity contribution in [3.05, 3.63) is 54.2 Å². The first-order valence-corrected chi connectivity index (χ1v) is 6.35. The second-order valence-corrected chi connectivity index (χ2v) is 4.72. The molecule has 0 radical (unpaired) electrons. The normalized spacial score (nSPS) is 11.4. The standard InChI is InChI=1S/C13H12F2N2S/c14-13(15,10-5-2-1-3-6-10)9-18-12-11(16)7-4-8-17-12/h1-8H,9,16H2. The quantitative estimate of drug-likeness (QED) is 0.860. The van der Waals surface area contributed by atoms with E-state index < -0.39 is 5.92 Å². The molecule has 2 aromatic rings. The number of benzene rings is 1. The molecule has 0 bridgehead atoms. The number of nitrogens with two attached hydrogens (primary N) is 1. The summed E-state index contributed by atoms with van der Waals surface area (Å²) in [4.78, 5) is 3.98. The average molecular weight is 266 g/mol. The molecular formula is C13H12F2N2S. The summed E-state index contributed by atoms with van der Waals surface area (Å²) in [5.74, 6) is -3.27. The van der Waals surface area contributed by atoms with Gasteiger partial charge in [0.2, 0.25) is 0 Å². The van der Waals surface area contributed by atoms with Gasteiger partial charge in [-0.05, 0) is 12.1 Å². The van der Waals surface area contributed by atoms with E-state index in [0.717, 1.165) is 11.8 Å². The molecule has 1 aromatic heterocycles. The second-order valence-electron chi connectivity index (χ2n) is 3.76. The van der Waals surface area contributed by atoms with E-state index in [4.69, 9.17) is 5.73 Å². The van der Waals surface area contributed by atoms with Crippen LogP contribution in [-0.2, 0) is 5.92 Å². The van der Waals surface area contributed by atoms with Gasteiger partial charge in [0.05, 0.1) is 11.4 Å². The Hall–Kier alpha value is -1.62. The number of nitrogens with zero attached hydrogens (tertiary/aromatic N) is 1. The average Bonchev–Trinajstić information content (AvgIpc) is 2.39. The lowest BCUT2D eigenvalue weighted by molar-refractivity contribution is 0.0231. The van der Waals surface area contributed by atoms with Gasteiger partial charge in [0.15, 0.2) is 0 Å². The summed E-state index contributed by atoms with van der Waals surface area (Å²) in [6.45, 7) is 0. The van der Waals surface area contributed by atoms with E-state index >= 15 is 0 Å². The van der Waals surface area contributed by atoms with Crippen LogP contribution in [0.15, 0.2) is 53.7 Å². The van der Waals surface area contributed by atoms with E-state index in [1.807, 2.05) is 0 Å². The van der Waals surface area contributed by atoms with Gasteiger partial charge in [-0.15, -0.1) is 0 Å². The van der Waals surface area contributed by atoms with Gasteiger partial charge in [0.1, 0.15) is 5.03 Å². The number of alkyl halides is 2. The molecule has 1 heterocycles. The van der Waals surface area contributed by atoms with Gasteiger partial charge in [0.25, 0.3) is 5.92 Å². The lowest BCUT2D eigenvalue weighted by Gasteiger charge is -2.16. The molecule has 94 valence electrons. The maximum atomic E-state index is 13.9. The molecule has 1 aromatic carbocycles. The molecule has 0 fully saturated rings. The Balaban J connectivity index is 2.08. The minimum atomic E-state index is -2.89. The summed E-state index contributed by atoms with van der Waals surface area (Å²) >= 11 is 0.963. The first kappa shape index (κ1) is 12.8. The molecule has 0 spiro atoms. The Bertz CT molecular complexity index is 517. The van der Waals surface area contributed by atoms with Crippen LogP contribution in [0.3, 0.4) is 0 Å². The maximum absolute atomic E-state index is 13.9. The number of aromatic nitrogens is 1. The first-order valence-electron chi connectivity index (χ1n) is 5.36. The molecule has 18 heavy (non-hydrogen) atoms. The number of hydrogen-bond acceptors (Lipinski definition) is 3. The van der Waals surface area contributed by atoms with Gasteiger partial charge in [-0.1, -0.05) is 42.1 Å². The third-order valence-electron chi connectivity index (χ3n) is 2.39. The Morgan fingerprint density at radius 2 is 1.83 bits per heavy atom. The van der Waals surface area contributed by atoms with Crippen LogP contribution < -0.4 is 5.73 Å². The molecule has 0 atom stereocenters. The van der Waals surface area contributed by atoms with Crippen molar-refractivity contribution in [2.75, 3.05) is 11.5 Å². The van der Waals surface area contributed by atoms with E-state index in [0.29, 0.717) is 10.7 Å². The van der Waals surface area contributed by atoms with E-state index in [1.54, 1.807) is 36.5 Å². The van der Waals surface area contributed by atoms with Crippen LogP contribution in [0.25, 0.3) is 0 Å². The minimum absolute atomic E-state index is 0.00648. The summed E-state index contributed by atoms with van der Waals surface area (Å²) in [6, 6.07) is 11.1. The van der Waals surface area contributed by atoms with Crippen LogP contribution in [0.5, 0.6) is 0 Å². The fourth-order valence-electron chi connectivity index (χ4n) is 1.45. The number of rotatable bonds is 4. The van der Waals surface area contributed by atoms with E-state index in [2.05, 4.69) is 4.98 Å². The predicted octanol–water partition coefficient (Wildman–Crippen LogP) is 3.55. The molecule has 2 N–H and O–H groups in total. The van der Waals surface area contributed by atoms with Crippen molar-refractivity contribution in [2.24, 2.45) is 0 Å². The zero-order chi connectivity index (χ0) is 13.0. The minimum Gasteiger partial charge on any atom is -0.397 e. The number of nitrogen functional groups attached to an aromatic ring is 1. The Morgan fingerprint density at radius 3 is 2.50 bits per heavy atom. The van der Waals surface area contributed by atoms with Crippen LogP contribution in [-0.4, -0.2) is 10.7 Å². The zero-order valence-electron chi connectivity index (χ0n) is 9.51. The highest BCUT2D eigenvalue weighted by molar-refractivity contribution is 7.99. The van der Waals surface area contributed by atoms with Crippen LogP contribution in [0.4, 0.5) is 14.5 Å². The van der Waals surface area contributed by atoms with Gasteiger partial charge in [-0.3, -0.25) is 0 Å². The van der Waals surface area contributed by atoms with Crippen LogP contribution in [0.2, 0.25) is 0 Å². The van der Waals surface area contributed by atoms with Gasteiger partial charge in [-0.25, -0.2) is 13.8 Å². The Labute approximate surface area is 108 Å². The van der Waals surface area contributed by atoms with Crippen LogP contribution in [0, 0.1) is 0 Å². The summed E-state index contributed by atoms with van der Waals surface area (Å²) in [7, 11) is 0. The molecular weight excluding hydrogens is 254 g/mol. The molecule has 0 amide bonds. The molecule has 2 rings (SSSR count). The molecule has 0 saturated carbocycles. The molecule has 5 heteroatoms. The van der Waals surface area contributed by atoms with Gasteiger partial charge < -0.3 is 5.73 Å². The fraction of sp³-hybridized carbons (Fsp3) is 0.154. The van der Waals surface area contributed by atoms with Crippen molar-refractivity contribution in [3.8, 4) is 0 Å². The maximum Gasteiger partial charge on any atom is 0.282 e. The van der Waals surface area contributed by atoms with Crippen molar-refractivity contribution in [1.29, 1.82) is 0 Å². The van der Waals surface area contributed by atoms with Crippen molar-refractivity contribution in [1.82, 2.24) is 4.98 Å². The van der Waals surface area contributed by atoms with Crippen LogP contribution >= 0.6 is 11.8 Å².